The predicted octanol–water partition coefficient (Wildman–Crippen LogP) is 0.741. The molecule has 7 nitrogen and oxygen atoms in total. The monoisotopic (exact) mass is 294 g/mol. The molecule has 1 aromatic rings. The standard InChI is InChI=1S/C14H22N4O3/c1-5-13-14(4,18(11(2)19)12(3)20)21-9-8-17(13)16-7-6-15-10-16/h6-7,10,13H,5,8-9H2,1-4H3. The van der Waals surface area contributed by atoms with Crippen molar-refractivity contribution in [2.75, 3.05) is 18.2 Å². The first-order valence-corrected chi connectivity index (χ1v) is 7.12. The van der Waals surface area contributed by atoms with Gasteiger partial charge in [-0.3, -0.25) is 19.2 Å². The van der Waals surface area contributed by atoms with Gasteiger partial charge in [0.15, 0.2) is 5.72 Å². The molecule has 2 amide bonds. The van der Waals surface area contributed by atoms with E-state index in [1.165, 1.54) is 18.7 Å². The summed E-state index contributed by atoms with van der Waals surface area (Å²) in [6.45, 7) is 7.70. The molecule has 1 fully saturated rings. The molecule has 0 spiro atoms. The van der Waals surface area contributed by atoms with E-state index in [1.54, 1.807) is 19.4 Å². The van der Waals surface area contributed by atoms with Crippen LogP contribution in [0.2, 0.25) is 0 Å². The maximum Gasteiger partial charge on any atom is 0.228 e. The molecule has 21 heavy (non-hydrogen) atoms. The van der Waals surface area contributed by atoms with Crippen LogP contribution >= 0.6 is 0 Å². The van der Waals surface area contributed by atoms with Gasteiger partial charge in [-0.25, -0.2) is 4.98 Å². The van der Waals surface area contributed by atoms with Crippen molar-refractivity contribution in [3.05, 3.63) is 18.7 Å². The third kappa shape index (κ3) is 2.65. The third-order valence-electron chi connectivity index (χ3n) is 3.94. The molecule has 0 bridgehead atoms. The first kappa shape index (κ1) is 15.5. The second kappa shape index (κ2) is 5.85. The molecular weight excluding hydrogens is 272 g/mol. The average Bonchev–Trinajstić information content (AvgIpc) is 2.90. The van der Waals surface area contributed by atoms with E-state index in [-0.39, 0.29) is 17.9 Å². The van der Waals surface area contributed by atoms with Gasteiger partial charge in [-0.1, -0.05) is 6.92 Å². The van der Waals surface area contributed by atoms with Crippen LogP contribution in [0.15, 0.2) is 18.7 Å². The van der Waals surface area contributed by atoms with E-state index < -0.39 is 5.72 Å². The van der Waals surface area contributed by atoms with E-state index in [0.717, 1.165) is 6.42 Å². The first-order chi connectivity index (χ1) is 9.91. The molecule has 2 heterocycles. The maximum atomic E-state index is 11.9. The van der Waals surface area contributed by atoms with Gasteiger partial charge in [0, 0.05) is 26.2 Å². The van der Waals surface area contributed by atoms with Crippen LogP contribution in [-0.2, 0) is 14.3 Å². The van der Waals surface area contributed by atoms with Crippen LogP contribution in [0.3, 0.4) is 0 Å². The molecule has 7 heteroatoms. The molecule has 0 radical (unpaired) electrons. The summed E-state index contributed by atoms with van der Waals surface area (Å²) < 4.78 is 7.77. The van der Waals surface area contributed by atoms with Crippen molar-refractivity contribution < 1.29 is 14.3 Å². The summed E-state index contributed by atoms with van der Waals surface area (Å²) in [5.41, 5.74) is -0.991. The van der Waals surface area contributed by atoms with Crippen LogP contribution < -0.4 is 5.01 Å². The summed E-state index contributed by atoms with van der Waals surface area (Å²) in [5, 5.41) is 2.08. The maximum absolute atomic E-state index is 11.9. The Kier molecular flexibility index (Phi) is 4.32. The van der Waals surface area contributed by atoms with Crippen molar-refractivity contribution in [2.24, 2.45) is 0 Å². The number of rotatable bonds is 3. The Morgan fingerprint density at radius 1 is 1.43 bits per heavy atom. The molecule has 1 saturated heterocycles. The van der Waals surface area contributed by atoms with Crippen molar-refractivity contribution in [2.45, 2.75) is 45.9 Å². The van der Waals surface area contributed by atoms with Gasteiger partial charge >= 0.3 is 0 Å². The van der Waals surface area contributed by atoms with E-state index >= 15 is 0 Å². The van der Waals surface area contributed by atoms with Gasteiger partial charge < -0.3 is 9.75 Å². The summed E-state index contributed by atoms with van der Waals surface area (Å²) in [6, 6.07) is -0.145. The van der Waals surface area contributed by atoms with E-state index in [0.29, 0.717) is 13.2 Å². The quantitative estimate of drug-likeness (QED) is 0.822. The second-order valence-corrected chi connectivity index (χ2v) is 5.31. The Hall–Kier alpha value is -1.89. The normalized spacial score (nSPS) is 25.7. The highest BCUT2D eigenvalue weighted by molar-refractivity contribution is 5.93. The first-order valence-electron chi connectivity index (χ1n) is 7.12. The number of carbonyl (C=O) groups is 2. The van der Waals surface area contributed by atoms with Crippen molar-refractivity contribution in [1.29, 1.82) is 0 Å². The number of hydrogen-bond acceptors (Lipinski definition) is 5. The lowest BCUT2D eigenvalue weighted by Gasteiger charge is -2.52. The Morgan fingerprint density at radius 3 is 2.57 bits per heavy atom. The van der Waals surface area contributed by atoms with Crippen LogP contribution in [0.1, 0.15) is 34.1 Å². The second-order valence-electron chi connectivity index (χ2n) is 5.31. The SMILES string of the molecule is CCC1N(n2ccnc2)CCOC1(C)N(C(C)=O)C(C)=O. The molecule has 0 saturated carbocycles. The van der Waals surface area contributed by atoms with Gasteiger partial charge in [0.1, 0.15) is 6.33 Å². The average molecular weight is 294 g/mol. The minimum atomic E-state index is -0.991. The van der Waals surface area contributed by atoms with Crippen LogP contribution in [0.5, 0.6) is 0 Å². The zero-order valence-corrected chi connectivity index (χ0v) is 12.9. The molecule has 1 aliphatic heterocycles. The minimum absolute atomic E-state index is 0.145. The van der Waals surface area contributed by atoms with E-state index in [9.17, 15) is 9.59 Å². The van der Waals surface area contributed by atoms with Gasteiger partial charge in [-0.2, -0.15) is 0 Å². The van der Waals surface area contributed by atoms with Crippen LogP contribution in [-0.4, -0.2) is 51.3 Å². The Morgan fingerprint density at radius 2 is 2.10 bits per heavy atom. The summed E-state index contributed by atoms with van der Waals surface area (Å²) in [6.07, 6.45) is 5.99. The van der Waals surface area contributed by atoms with Crippen LogP contribution in [0.4, 0.5) is 0 Å². The number of morpholine rings is 1. The largest absolute Gasteiger partial charge is 0.351 e. The molecule has 1 aromatic heterocycles. The lowest BCUT2D eigenvalue weighted by molar-refractivity contribution is -0.193. The fourth-order valence-corrected chi connectivity index (χ4v) is 3.20. The van der Waals surface area contributed by atoms with Crippen molar-refractivity contribution >= 4 is 11.8 Å². The van der Waals surface area contributed by atoms with E-state index in [4.69, 9.17) is 4.74 Å². The minimum Gasteiger partial charge on any atom is -0.351 e. The summed E-state index contributed by atoms with van der Waals surface area (Å²) in [7, 11) is 0. The molecule has 0 aliphatic carbocycles. The summed E-state index contributed by atoms with van der Waals surface area (Å²) in [4.78, 5) is 29.1. The van der Waals surface area contributed by atoms with Gasteiger partial charge in [0.05, 0.1) is 19.2 Å². The number of hydrogen-bond donors (Lipinski definition) is 0. The smallest absolute Gasteiger partial charge is 0.228 e. The molecule has 2 unspecified atom stereocenters. The molecule has 1 aliphatic rings. The van der Waals surface area contributed by atoms with E-state index in [2.05, 4.69) is 9.99 Å². The van der Waals surface area contributed by atoms with Crippen LogP contribution in [0.25, 0.3) is 0 Å². The highest BCUT2D eigenvalue weighted by Gasteiger charge is 2.49. The van der Waals surface area contributed by atoms with Crippen LogP contribution in [0, 0.1) is 0 Å². The molecule has 0 N–H and O–H groups in total. The number of aromatic nitrogens is 2. The molecule has 2 atom stereocenters. The van der Waals surface area contributed by atoms with Gasteiger partial charge in [-0.15, -0.1) is 0 Å². The van der Waals surface area contributed by atoms with Gasteiger partial charge in [0.25, 0.3) is 0 Å². The van der Waals surface area contributed by atoms with E-state index in [1.807, 2.05) is 17.8 Å². The molecule has 0 aromatic carbocycles. The number of imidazole rings is 1. The number of nitrogens with zero attached hydrogens (tertiary/aromatic N) is 4. The number of carbonyl (C=O) groups excluding carboxylic acids is 2. The zero-order valence-electron chi connectivity index (χ0n) is 12.9. The molecule has 2 rings (SSSR count). The van der Waals surface area contributed by atoms with Crippen molar-refractivity contribution in [1.82, 2.24) is 14.6 Å². The number of imide groups is 1. The Bertz CT molecular complexity index is 502. The third-order valence-corrected chi connectivity index (χ3v) is 3.94. The lowest BCUT2D eigenvalue weighted by Crippen LogP contribution is -2.70. The Balaban J connectivity index is 2.41. The number of ether oxygens (including phenoxy) is 1. The van der Waals surface area contributed by atoms with Crippen molar-refractivity contribution in [3.8, 4) is 0 Å². The van der Waals surface area contributed by atoms with Crippen molar-refractivity contribution in [3.63, 3.8) is 0 Å². The Labute approximate surface area is 124 Å². The highest BCUT2D eigenvalue weighted by atomic mass is 16.5. The summed E-state index contributed by atoms with van der Waals surface area (Å²) >= 11 is 0. The number of amides is 2. The van der Waals surface area contributed by atoms with Gasteiger partial charge in [0.2, 0.25) is 11.8 Å². The zero-order chi connectivity index (χ0) is 15.6. The lowest BCUT2D eigenvalue weighted by atomic mass is 9.98. The van der Waals surface area contributed by atoms with Gasteiger partial charge in [-0.05, 0) is 13.3 Å². The predicted molar refractivity (Wildman–Crippen MR) is 76.9 cm³/mol. The highest BCUT2D eigenvalue weighted by Crippen LogP contribution is 2.30. The fourth-order valence-electron chi connectivity index (χ4n) is 3.20. The summed E-state index contributed by atoms with van der Waals surface area (Å²) in [5.74, 6) is -0.619. The topological polar surface area (TPSA) is 67.7 Å². The fraction of sp³-hybridized carbons (Fsp3) is 0.643. The molecular formula is C14H22N4O3. The molecule has 116 valence electrons.